The molecule has 20 heavy (non-hydrogen) atoms. The Morgan fingerprint density at radius 3 is 2.95 bits per heavy atom. The Morgan fingerprint density at radius 1 is 1.40 bits per heavy atom. The lowest BCUT2D eigenvalue weighted by molar-refractivity contribution is 0.280. The molecule has 2 aromatic heterocycles. The highest BCUT2D eigenvalue weighted by Crippen LogP contribution is 2.28. The summed E-state index contributed by atoms with van der Waals surface area (Å²) in [6, 6.07) is 0. The van der Waals surface area contributed by atoms with Gasteiger partial charge >= 0.3 is 0 Å². The lowest BCUT2D eigenvalue weighted by Gasteiger charge is -2.26. The van der Waals surface area contributed by atoms with E-state index in [1.165, 1.54) is 25.7 Å². The lowest BCUT2D eigenvalue weighted by atomic mass is 9.83. The van der Waals surface area contributed by atoms with Gasteiger partial charge in [0, 0.05) is 18.1 Å². The standard InChI is InChI=1S/C15H23N3OS/c1-11-3-5-12(6-4-11)9-16-10-13-14(19-2)17-15-18(13)7-8-20-15/h7-8,11-12,16H,3-6,9-10H2,1-2H3. The van der Waals surface area contributed by atoms with E-state index in [2.05, 4.69) is 33.2 Å². The summed E-state index contributed by atoms with van der Waals surface area (Å²) in [6.07, 6.45) is 7.57. The Labute approximate surface area is 124 Å². The third-order valence-corrected chi connectivity index (χ3v) is 5.14. The molecular weight excluding hydrogens is 270 g/mol. The van der Waals surface area contributed by atoms with E-state index >= 15 is 0 Å². The minimum atomic E-state index is 0.751. The molecule has 0 bridgehead atoms. The number of thiazole rings is 1. The van der Waals surface area contributed by atoms with Crippen molar-refractivity contribution >= 4 is 16.3 Å². The highest BCUT2D eigenvalue weighted by atomic mass is 32.1. The fourth-order valence-electron chi connectivity index (χ4n) is 3.06. The van der Waals surface area contributed by atoms with Gasteiger partial charge in [0.05, 0.1) is 7.11 Å². The highest BCUT2D eigenvalue weighted by Gasteiger charge is 2.18. The van der Waals surface area contributed by atoms with Crippen LogP contribution in [0.2, 0.25) is 0 Å². The number of aromatic nitrogens is 2. The molecule has 1 aliphatic carbocycles. The second-order valence-electron chi connectivity index (χ2n) is 5.88. The quantitative estimate of drug-likeness (QED) is 0.919. The molecule has 110 valence electrons. The van der Waals surface area contributed by atoms with Crippen molar-refractivity contribution in [3.63, 3.8) is 0 Å². The van der Waals surface area contributed by atoms with E-state index in [-0.39, 0.29) is 0 Å². The molecule has 0 amide bonds. The molecule has 0 atom stereocenters. The molecule has 0 aromatic carbocycles. The molecule has 4 nitrogen and oxygen atoms in total. The van der Waals surface area contributed by atoms with Gasteiger partial charge in [-0.3, -0.25) is 4.40 Å². The molecule has 2 heterocycles. The molecule has 1 N–H and O–H groups in total. The fraction of sp³-hybridized carbons (Fsp3) is 0.667. The summed E-state index contributed by atoms with van der Waals surface area (Å²) in [5, 5.41) is 5.66. The van der Waals surface area contributed by atoms with Crippen molar-refractivity contribution in [3.8, 4) is 5.88 Å². The number of hydrogen-bond donors (Lipinski definition) is 1. The molecule has 1 aliphatic rings. The molecule has 5 heteroatoms. The van der Waals surface area contributed by atoms with Crippen LogP contribution in [0.25, 0.3) is 4.96 Å². The van der Waals surface area contributed by atoms with Crippen molar-refractivity contribution in [2.24, 2.45) is 11.8 Å². The molecule has 0 saturated heterocycles. The van der Waals surface area contributed by atoms with Crippen LogP contribution in [0.4, 0.5) is 0 Å². The summed E-state index contributed by atoms with van der Waals surface area (Å²) < 4.78 is 7.50. The predicted molar refractivity (Wildman–Crippen MR) is 82.4 cm³/mol. The van der Waals surface area contributed by atoms with E-state index in [1.54, 1.807) is 18.4 Å². The summed E-state index contributed by atoms with van der Waals surface area (Å²) >= 11 is 1.64. The maximum absolute atomic E-state index is 5.38. The van der Waals surface area contributed by atoms with Crippen LogP contribution in [0.15, 0.2) is 11.6 Å². The van der Waals surface area contributed by atoms with E-state index in [0.717, 1.165) is 41.5 Å². The fourth-order valence-corrected chi connectivity index (χ4v) is 3.79. The molecule has 0 unspecified atom stereocenters. The zero-order valence-corrected chi connectivity index (χ0v) is 13.1. The summed E-state index contributed by atoms with van der Waals surface area (Å²) in [4.78, 5) is 5.49. The van der Waals surface area contributed by atoms with Crippen LogP contribution in [-0.4, -0.2) is 23.0 Å². The van der Waals surface area contributed by atoms with Gasteiger partial charge in [0.1, 0.15) is 5.69 Å². The van der Waals surface area contributed by atoms with Crippen LogP contribution < -0.4 is 10.1 Å². The van der Waals surface area contributed by atoms with Crippen molar-refractivity contribution in [2.45, 2.75) is 39.2 Å². The van der Waals surface area contributed by atoms with Crippen molar-refractivity contribution in [1.29, 1.82) is 0 Å². The Balaban J connectivity index is 1.58. The summed E-state index contributed by atoms with van der Waals surface area (Å²) in [5.41, 5.74) is 1.13. The predicted octanol–water partition coefficient (Wildman–Crippen LogP) is 3.32. The number of fused-ring (bicyclic) bond motifs is 1. The van der Waals surface area contributed by atoms with Gasteiger partial charge in [-0.15, -0.1) is 11.3 Å². The lowest BCUT2D eigenvalue weighted by Crippen LogP contribution is -2.26. The van der Waals surface area contributed by atoms with Crippen LogP contribution in [-0.2, 0) is 6.54 Å². The number of methoxy groups -OCH3 is 1. The monoisotopic (exact) mass is 293 g/mol. The van der Waals surface area contributed by atoms with Gasteiger partial charge in [0.15, 0.2) is 4.96 Å². The molecule has 0 radical (unpaired) electrons. The molecule has 0 aliphatic heterocycles. The Kier molecular flexibility index (Phi) is 4.27. The molecule has 1 saturated carbocycles. The molecule has 2 aromatic rings. The average Bonchev–Trinajstić information content (AvgIpc) is 3.02. The molecule has 1 fully saturated rings. The van der Waals surface area contributed by atoms with E-state index < -0.39 is 0 Å². The Morgan fingerprint density at radius 2 is 2.20 bits per heavy atom. The first-order valence-corrected chi connectivity index (χ1v) is 8.35. The zero-order chi connectivity index (χ0) is 13.9. The van der Waals surface area contributed by atoms with Crippen LogP contribution >= 0.6 is 11.3 Å². The van der Waals surface area contributed by atoms with Gasteiger partial charge < -0.3 is 10.1 Å². The van der Waals surface area contributed by atoms with Gasteiger partial charge in [0.2, 0.25) is 5.88 Å². The van der Waals surface area contributed by atoms with Crippen LogP contribution in [0.3, 0.4) is 0 Å². The van der Waals surface area contributed by atoms with Crippen LogP contribution in [0.1, 0.15) is 38.3 Å². The molecule has 3 rings (SSSR count). The summed E-state index contributed by atoms with van der Waals surface area (Å²) in [6.45, 7) is 4.30. The third-order valence-electron chi connectivity index (χ3n) is 4.38. The largest absolute Gasteiger partial charge is 0.480 e. The maximum atomic E-state index is 5.38. The number of imidazole rings is 1. The van der Waals surface area contributed by atoms with E-state index in [0.29, 0.717) is 0 Å². The number of hydrogen-bond acceptors (Lipinski definition) is 4. The molecule has 0 spiro atoms. The third kappa shape index (κ3) is 2.83. The smallest absolute Gasteiger partial charge is 0.237 e. The second kappa shape index (κ2) is 6.14. The van der Waals surface area contributed by atoms with Crippen LogP contribution in [0, 0.1) is 11.8 Å². The van der Waals surface area contributed by atoms with Gasteiger partial charge in [-0.05, 0) is 31.2 Å². The SMILES string of the molecule is COc1nc2sccn2c1CNCC1CCC(C)CC1. The van der Waals surface area contributed by atoms with Crippen molar-refractivity contribution < 1.29 is 4.74 Å². The molecular formula is C15H23N3OS. The minimum absolute atomic E-state index is 0.751. The summed E-state index contributed by atoms with van der Waals surface area (Å²) in [7, 11) is 1.69. The minimum Gasteiger partial charge on any atom is -0.480 e. The first kappa shape index (κ1) is 13.9. The van der Waals surface area contributed by atoms with Gasteiger partial charge in [0.25, 0.3) is 0 Å². The van der Waals surface area contributed by atoms with Gasteiger partial charge in [-0.2, -0.15) is 4.98 Å². The Bertz CT molecular complexity index is 554. The topological polar surface area (TPSA) is 38.6 Å². The number of nitrogens with zero attached hydrogens (tertiary/aromatic N) is 2. The number of rotatable bonds is 5. The van der Waals surface area contributed by atoms with Gasteiger partial charge in [-0.25, -0.2) is 0 Å². The normalized spacial score (nSPS) is 23.3. The van der Waals surface area contributed by atoms with E-state index in [1.807, 2.05) is 0 Å². The second-order valence-corrected chi connectivity index (χ2v) is 6.75. The van der Waals surface area contributed by atoms with Crippen molar-refractivity contribution in [2.75, 3.05) is 13.7 Å². The van der Waals surface area contributed by atoms with E-state index in [4.69, 9.17) is 4.74 Å². The first-order valence-electron chi connectivity index (χ1n) is 7.47. The first-order chi connectivity index (χ1) is 9.78. The number of nitrogens with one attached hydrogen (secondary N) is 1. The summed E-state index contributed by atoms with van der Waals surface area (Å²) in [5.74, 6) is 2.51. The maximum Gasteiger partial charge on any atom is 0.237 e. The average molecular weight is 293 g/mol. The Hall–Kier alpha value is -1.07. The zero-order valence-electron chi connectivity index (χ0n) is 12.3. The van der Waals surface area contributed by atoms with Crippen molar-refractivity contribution in [1.82, 2.24) is 14.7 Å². The van der Waals surface area contributed by atoms with Crippen LogP contribution in [0.5, 0.6) is 5.88 Å². The van der Waals surface area contributed by atoms with Crippen molar-refractivity contribution in [3.05, 3.63) is 17.3 Å². The number of ether oxygens (including phenoxy) is 1. The van der Waals surface area contributed by atoms with Gasteiger partial charge in [-0.1, -0.05) is 19.8 Å². The van der Waals surface area contributed by atoms with E-state index in [9.17, 15) is 0 Å². The highest BCUT2D eigenvalue weighted by molar-refractivity contribution is 7.15.